The van der Waals surface area contributed by atoms with Crippen LogP contribution in [0.4, 0.5) is 4.39 Å². The number of halogens is 1. The maximum atomic E-state index is 13.4. The van der Waals surface area contributed by atoms with E-state index in [1.165, 1.54) is 12.1 Å². The van der Waals surface area contributed by atoms with E-state index in [1.807, 2.05) is 29.8 Å². The third kappa shape index (κ3) is 5.45. The van der Waals surface area contributed by atoms with Crippen LogP contribution in [0.25, 0.3) is 22.6 Å². The highest BCUT2D eigenvalue weighted by molar-refractivity contribution is 5.79. The van der Waals surface area contributed by atoms with Crippen molar-refractivity contribution < 1.29 is 14.0 Å². The van der Waals surface area contributed by atoms with E-state index in [2.05, 4.69) is 10.3 Å². The standard InChI is InChI=1S/C25H28FN5O2/c1-17-3-8-22(28-16-17)24-15-23(19-4-6-21(26)7-5-19)29-31(24)14-11-27-25(33)20-9-12-30(13-10-20)18(2)32/h3-8,15-16,20H,9-14H2,1-2H3,(H,27,33). The second-order valence-electron chi connectivity index (χ2n) is 8.44. The van der Waals surface area contributed by atoms with E-state index in [4.69, 9.17) is 5.10 Å². The lowest BCUT2D eigenvalue weighted by molar-refractivity contribution is -0.133. The fourth-order valence-electron chi connectivity index (χ4n) is 4.06. The molecule has 1 saturated heterocycles. The molecule has 0 spiro atoms. The van der Waals surface area contributed by atoms with Crippen LogP contribution in [0.15, 0.2) is 48.7 Å². The summed E-state index contributed by atoms with van der Waals surface area (Å²) in [7, 11) is 0. The Morgan fingerprint density at radius 2 is 1.82 bits per heavy atom. The van der Waals surface area contributed by atoms with Crippen LogP contribution in [-0.2, 0) is 16.1 Å². The highest BCUT2D eigenvalue weighted by Crippen LogP contribution is 2.25. The number of aryl methyl sites for hydroxylation is 1. The Kier molecular flexibility index (Phi) is 6.82. The summed E-state index contributed by atoms with van der Waals surface area (Å²) in [5.74, 6) is -0.303. The predicted octanol–water partition coefficient (Wildman–Crippen LogP) is 3.43. The van der Waals surface area contributed by atoms with Crippen molar-refractivity contribution in [3.05, 3.63) is 60.0 Å². The van der Waals surface area contributed by atoms with Crippen molar-refractivity contribution in [3.8, 4) is 22.6 Å². The first-order valence-corrected chi connectivity index (χ1v) is 11.2. The Hall–Kier alpha value is -3.55. The number of nitrogens with one attached hydrogen (secondary N) is 1. The molecular formula is C25H28FN5O2. The molecule has 0 atom stereocenters. The van der Waals surface area contributed by atoms with Crippen molar-refractivity contribution in [1.82, 2.24) is 25.0 Å². The quantitative estimate of drug-likeness (QED) is 0.625. The molecule has 1 N–H and O–H groups in total. The first-order valence-electron chi connectivity index (χ1n) is 11.2. The summed E-state index contributed by atoms with van der Waals surface area (Å²) < 4.78 is 15.2. The number of hydrogen-bond donors (Lipinski definition) is 1. The molecule has 0 unspecified atom stereocenters. The Morgan fingerprint density at radius 1 is 1.09 bits per heavy atom. The van der Waals surface area contributed by atoms with Gasteiger partial charge in [-0.25, -0.2) is 4.39 Å². The number of piperidine rings is 1. The van der Waals surface area contributed by atoms with Crippen molar-refractivity contribution in [2.24, 2.45) is 5.92 Å². The SMILES string of the molecule is CC(=O)N1CCC(C(=O)NCCn2nc(-c3ccc(F)cc3)cc2-c2ccc(C)cn2)CC1. The zero-order valence-electron chi connectivity index (χ0n) is 18.9. The average Bonchev–Trinajstić information content (AvgIpc) is 3.24. The number of hydrogen-bond acceptors (Lipinski definition) is 4. The molecule has 3 heterocycles. The highest BCUT2D eigenvalue weighted by Gasteiger charge is 2.25. The Morgan fingerprint density at radius 3 is 2.45 bits per heavy atom. The minimum atomic E-state index is -0.296. The van der Waals surface area contributed by atoms with Crippen molar-refractivity contribution >= 4 is 11.8 Å². The molecule has 0 saturated carbocycles. The highest BCUT2D eigenvalue weighted by atomic mass is 19.1. The van der Waals surface area contributed by atoms with Crippen LogP contribution in [0, 0.1) is 18.7 Å². The molecule has 8 heteroatoms. The number of aromatic nitrogens is 3. The average molecular weight is 450 g/mol. The predicted molar refractivity (Wildman–Crippen MR) is 124 cm³/mol. The molecule has 4 rings (SSSR count). The third-order valence-corrected chi connectivity index (χ3v) is 6.03. The molecule has 1 fully saturated rings. The number of carbonyl (C=O) groups is 2. The van der Waals surface area contributed by atoms with E-state index in [-0.39, 0.29) is 23.5 Å². The summed E-state index contributed by atoms with van der Waals surface area (Å²) in [4.78, 5) is 30.4. The minimum absolute atomic E-state index is 0.0131. The van der Waals surface area contributed by atoms with Crippen molar-refractivity contribution in [2.45, 2.75) is 33.2 Å². The second-order valence-corrected chi connectivity index (χ2v) is 8.44. The first-order chi connectivity index (χ1) is 15.9. The van der Waals surface area contributed by atoms with E-state index < -0.39 is 0 Å². The number of nitrogens with zero attached hydrogens (tertiary/aromatic N) is 4. The summed E-state index contributed by atoms with van der Waals surface area (Å²) in [6, 6.07) is 12.1. The summed E-state index contributed by atoms with van der Waals surface area (Å²) in [6.07, 6.45) is 3.17. The van der Waals surface area contributed by atoms with Gasteiger partial charge in [-0.15, -0.1) is 0 Å². The first kappa shape index (κ1) is 22.6. The van der Waals surface area contributed by atoms with Crippen LogP contribution < -0.4 is 5.32 Å². The summed E-state index contributed by atoms with van der Waals surface area (Å²) in [5.41, 5.74) is 4.20. The van der Waals surface area contributed by atoms with Crippen LogP contribution in [0.2, 0.25) is 0 Å². The normalized spacial score (nSPS) is 14.3. The monoisotopic (exact) mass is 449 g/mol. The van der Waals surface area contributed by atoms with Gasteiger partial charge in [0.2, 0.25) is 11.8 Å². The number of likely N-dealkylation sites (tertiary alicyclic amines) is 1. The minimum Gasteiger partial charge on any atom is -0.354 e. The molecule has 172 valence electrons. The Bertz CT molecular complexity index is 1120. The molecule has 0 bridgehead atoms. The molecule has 1 aliphatic heterocycles. The number of rotatable bonds is 6. The Labute approximate surface area is 192 Å². The molecule has 2 amide bonds. The smallest absolute Gasteiger partial charge is 0.223 e. The lowest BCUT2D eigenvalue weighted by atomic mass is 9.96. The zero-order valence-corrected chi connectivity index (χ0v) is 18.9. The van der Waals surface area contributed by atoms with Gasteiger partial charge >= 0.3 is 0 Å². The molecule has 0 aliphatic carbocycles. The van der Waals surface area contributed by atoms with Crippen molar-refractivity contribution in [1.29, 1.82) is 0 Å². The van der Waals surface area contributed by atoms with Crippen molar-refractivity contribution in [3.63, 3.8) is 0 Å². The van der Waals surface area contributed by atoms with E-state index in [0.717, 1.165) is 28.2 Å². The number of amides is 2. The fourth-order valence-corrected chi connectivity index (χ4v) is 4.06. The topological polar surface area (TPSA) is 80.1 Å². The van der Waals surface area contributed by atoms with Crippen LogP contribution in [0.3, 0.4) is 0 Å². The molecule has 7 nitrogen and oxygen atoms in total. The molecule has 1 aromatic carbocycles. The van der Waals surface area contributed by atoms with Gasteiger partial charge < -0.3 is 10.2 Å². The molecule has 33 heavy (non-hydrogen) atoms. The van der Waals surface area contributed by atoms with Gasteiger partial charge in [0.15, 0.2) is 0 Å². The van der Waals surface area contributed by atoms with E-state index in [9.17, 15) is 14.0 Å². The molecule has 1 aliphatic rings. The molecule has 0 radical (unpaired) electrons. The number of pyridine rings is 1. The van der Waals surface area contributed by atoms with Gasteiger partial charge in [0, 0.05) is 44.2 Å². The summed E-state index contributed by atoms with van der Waals surface area (Å²) in [6.45, 7) is 5.69. The second kappa shape index (κ2) is 9.94. The summed E-state index contributed by atoms with van der Waals surface area (Å²) in [5, 5.41) is 7.72. The van der Waals surface area contributed by atoms with Crippen LogP contribution >= 0.6 is 0 Å². The van der Waals surface area contributed by atoms with Crippen LogP contribution in [0.1, 0.15) is 25.3 Å². The fraction of sp³-hybridized carbons (Fsp3) is 0.360. The van der Waals surface area contributed by atoms with Gasteiger partial charge in [-0.3, -0.25) is 19.3 Å². The van der Waals surface area contributed by atoms with Gasteiger partial charge in [0.25, 0.3) is 0 Å². The van der Waals surface area contributed by atoms with Crippen molar-refractivity contribution in [2.75, 3.05) is 19.6 Å². The van der Waals surface area contributed by atoms with E-state index in [0.29, 0.717) is 39.0 Å². The van der Waals surface area contributed by atoms with Gasteiger partial charge in [0.05, 0.1) is 23.6 Å². The number of benzene rings is 1. The van der Waals surface area contributed by atoms with Gasteiger partial charge in [0.1, 0.15) is 5.82 Å². The lowest BCUT2D eigenvalue weighted by Gasteiger charge is -2.30. The maximum Gasteiger partial charge on any atom is 0.223 e. The zero-order chi connectivity index (χ0) is 23.4. The largest absolute Gasteiger partial charge is 0.354 e. The molecule has 3 aromatic rings. The van der Waals surface area contributed by atoms with E-state index >= 15 is 0 Å². The van der Waals surface area contributed by atoms with Gasteiger partial charge in [-0.05, 0) is 61.7 Å². The van der Waals surface area contributed by atoms with E-state index in [1.54, 1.807) is 30.2 Å². The molecule has 2 aromatic heterocycles. The van der Waals surface area contributed by atoms with Gasteiger partial charge in [-0.2, -0.15) is 5.10 Å². The van der Waals surface area contributed by atoms with Crippen LogP contribution in [-0.4, -0.2) is 51.1 Å². The Balaban J connectivity index is 1.46. The molecular weight excluding hydrogens is 421 g/mol. The van der Waals surface area contributed by atoms with Gasteiger partial charge in [-0.1, -0.05) is 6.07 Å². The third-order valence-electron chi connectivity index (χ3n) is 6.03. The summed E-state index contributed by atoms with van der Waals surface area (Å²) >= 11 is 0. The maximum absolute atomic E-state index is 13.4. The number of carbonyl (C=O) groups excluding carboxylic acids is 2. The van der Waals surface area contributed by atoms with Crippen LogP contribution in [0.5, 0.6) is 0 Å². The lowest BCUT2D eigenvalue weighted by Crippen LogP contribution is -2.42.